The second-order valence-corrected chi connectivity index (χ2v) is 8.26. The molecule has 0 radical (unpaired) electrons. The number of benzene rings is 2. The van der Waals surface area contributed by atoms with E-state index >= 15 is 0 Å². The zero-order valence-corrected chi connectivity index (χ0v) is 18.3. The molecule has 3 rings (SSSR count). The lowest BCUT2D eigenvalue weighted by Gasteiger charge is -2.09. The Balaban J connectivity index is 1.53. The van der Waals surface area contributed by atoms with Crippen molar-refractivity contribution in [2.45, 2.75) is 26.3 Å². The number of amides is 3. The van der Waals surface area contributed by atoms with Gasteiger partial charge in [0.2, 0.25) is 5.91 Å². The number of nitrogens with one attached hydrogen (secondary N) is 3. The fourth-order valence-corrected chi connectivity index (χ4v) is 3.67. The summed E-state index contributed by atoms with van der Waals surface area (Å²) in [4.78, 5) is 37.1. The molecule has 0 aliphatic rings. The van der Waals surface area contributed by atoms with E-state index in [9.17, 15) is 14.4 Å². The second kappa shape index (κ2) is 10.5. The van der Waals surface area contributed by atoms with Gasteiger partial charge in [-0.3, -0.25) is 14.4 Å². The third-order valence-corrected chi connectivity index (χ3v) is 5.55. The molecule has 0 atom stereocenters. The van der Waals surface area contributed by atoms with Crippen LogP contribution in [0.5, 0.6) is 0 Å². The summed E-state index contributed by atoms with van der Waals surface area (Å²) in [7, 11) is 0. The molecule has 6 nitrogen and oxygen atoms in total. The Kier molecular flexibility index (Phi) is 7.56. The van der Waals surface area contributed by atoms with E-state index in [1.54, 1.807) is 23.6 Å². The Morgan fingerprint density at radius 3 is 2.26 bits per heavy atom. The van der Waals surface area contributed by atoms with Crippen molar-refractivity contribution >= 4 is 34.1 Å². The molecule has 0 saturated carbocycles. The Morgan fingerprint density at radius 2 is 1.58 bits per heavy atom. The molecule has 7 heteroatoms. The van der Waals surface area contributed by atoms with Crippen molar-refractivity contribution in [3.63, 3.8) is 0 Å². The minimum absolute atomic E-state index is 0.147. The number of carbonyl (C=O) groups excluding carboxylic acids is 3. The van der Waals surface area contributed by atoms with Gasteiger partial charge in [0.15, 0.2) is 0 Å². The van der Waals surface area contributed by atoms with Gasteiger partial charge in [-0.05, 0) is 40.6 Å². The molecule has 0 unspecified atom stereocenters. The van der Waals surface area contributed by atoms with Crippen molar-refractivity contribution in [2.75, 3.05) is 11.9 Å². The van der Waals surface area contributed by atoms with E-state index in [4.69, 9.17) is 0 Å². The van der Waals surface area contributed by atoms with Crippen molar-refractivity contribution < 1.29 is 14.4 Å². The first-order valence-electron chi connectivity index (χ1n) is 10.0. The van der Waals surface area contributed by atoms with Crippen molar-refractivity contribution in [1.82, 2.24) is 10.6 Å². The number of hydrogen-bond donors (Lipinski definition) is 3. The lowest BCUT2D eigenvalue weighted by molar-refractivity contribution is -0.120. The maximum Gasteiger partial charge on any atom is 0.256 e. The molecule has 0 saturated heterocycles. The third kappa shape index (κ3) is 6.26. The van der Waals surface area contributed by atoms with Gasteiger partial charge in [0.05, 0.1) is 12.1 Å². The van der Waals surface area contributed by atoms with Crippen LogP contribution in [-0.2, 0) is 11.3 Å². The van der Waals surface area contributed by atoms with Crippen LogP contribution in [0.15, 0.2) is 66.0 Å². The van der Waals surface area contributed by atoms with Gasteiger partial charge in [-0.25, -0.2) is 0 Å². The average Bonchev–Trinajstić information content (AvgIpc) is 3.25. The van der Waals surface area contributed by atoms with E-state index in [1.165, 1.54) is 11.3 Å². The molecule has 3 amide bonds. The molecule has 0 aliphatic carbocycles. The summed E-state index contributed by atoms with van der Waals surface area (Å²) in [6.45, 7) is 4.43. The lowest BCUT2D eigenvalue weighted by Crippen LogP contribution is -2.36. The summed E-state index contributed by atoms with van der Waals surface area (Å²) in [5.74, 6) is -0.605. The fourth-order valence-electron chi connectivity index (χ4n) is 2.89. The van der Waals surface area contributed by atoms with Crippen LogP contribution in [0.4, 0.5) is 5.00 Å². The molecular weight excluding hydrogens is 410 g/mol. The van der Waals surface area contributed by atoms with Gasteiger partial charge < -0.3 is 16.0 Å². The van der Waals surface area contributed by atoms with Crippen molar-refractivity contribution in [3.8, 4) is 0 Å². The van der Waals surface area contributed by atoms with Gasteiger partial charge in [-0.2, -0.15) is 0 Å². The first-order valence-corrected chi connectivity index (χ1v) is 10.9. The van der Waals surface area contributed by atoms with E-state index in [-0.39, 0.29) is 18.4 Å². The first-order chi connectivity index (χ1) is 14.9. The van der Waals surface area contributed by atoms with Gasteiger partial charge in [-0.1, -0.05) is 56.3 Å². The number of rotatable bonds is 8. The van der Waals surface area contributed by atoms with E-state index in [1.807, 2.05) is 42.5 Å². The van der Waals surface area contributed by atoms with Crippen LogP contribution in [-0.4, -0.2) is 24.3 Å². The molecule has 31 heavy (non-hydrogen) atoms. The normalized spacial score (nSPS) is 10.5. The van der Waals surface area contributed by atoms with Gasteiger partial charge in [0.25, 0.3) is 11.8 Å². The molecular formula is C24H25N3O3S. The minimum Gasteiger partial charge on any atom is -0.350 e. The zero-order chi connectivity index (χ0) is 22.2. The molecule has 0 bridgehead atoms. The molecule has 1 aromatic heterocycles. The van der Waals surface area contributed by atoms with Gasteiger partial charge >= 0.3 is 0 Å². The van der Waals surface area contributed by atoms with Crippen molar-refractivity contribution in [1.29, 1.82) is 0 Å². The smallest absolute Gasteiger partial charge is 0.256 e. The summed E-state index contributed by atoms with van der Waals surface area (Å²) in [5, 5.41) is 10.3. The van der Waals surface area contributed by atoms with Gasteiger partial charge in [0, 0.05) is 12.1 Å². The maximum absolute atomic E-state index is 12.6. The Bertz CT molecular complexity index is 1040. The van der Waals surface area contributed by atoms with Crippen LogP contribution in [0.25, 0.3) is 0 Å². The monoisotopic (exact) mass is 435 g/mol. The molecule has 0 aliphatic heterocycles. The minimum atomic E-state index is -0.415. The summed E-state index contributed by atoms with van der Waals surface area (Å²) < 4.78 is 0. The molecule has 3 aromatic rings. The van der Waals surface area contributed by atoms with Gasteiger partial charge in [0.1, 0.15) is 5.00 Å². The average molecular weight is 436 g/mol. The molecule has 1 heterocycles. The molecule has 0 fully saturated rings. The Hall–Kier alpha value is -3.45. The standard InChI is InChI=1S/C24H25N3O3S/c1-16(2)18-8-10-19(11-9-18)22(29)27-24-20(12-13-31-24)23(30)26-15-21(28)25-14-17-6-4-3-5-7-17/h3-13,16H,14-15H2,1-2H3,(H,25,28)(H,26,30)(H,27,29). The van der Waals surface area contributed by atoms with E-state index < -0.39 is 5.91 Å². The van der Waals surface area contributed by atoms with Crippen LogP contribution in [0, 0.1) is 0 Å². The van der Waals surface area contributed by atoms with Crippen LogP contribution < -0.4 is 16.0 Å². The molecule has 3 N–H and O–H groups in total. The fraction of sp³-hybridized carbons (Fsp3) is 0.208. The highest BCUT2D eigenvalue weighted by molar-refractivity contribution is 7.14. The van der Waals surface area contributed by atoms with Crippen LogP contribution >= 0.6 is 11.3 Å². The Labute approximate surface area is 185 Å². The highest BCUT2D eigenvalue weighted by Crippen LogP contribution is 2.24. The Morgan fingerprint density at radius 1 is 0.871 bits per heavy atom. The van der Waals surface area contributed by atoms with E-state index in [0.29, 0.717) is 28.6 Å². The van der Waals surface area contributed by atoms with Crippen LogP contribution in [0.2, 0.25) is 0 Å². The lowest BCUT2D eigenvalue weighted by atomic mass is 10.0. The molecule has 0 spiro atoms. The summed E-state index contributed by atoms with van der Waals surface area (Å²) in [5.41, 5.74) is 2.97. The van der Waals surface area contributed by atoms with Gasteiger partial charge in [-0.15, -0.1) is 11.3 Å². The SMILES string of the molecule is CC(C)c1ccc(C(=O)Nc2sccc2C(=O)NCC(=O)NCc2ccccc2)cc1. The predicted octanol–water partition coefficient (Wildman–Crippen LogP) is 4.17. The maximum atomic E-state index is 12.6. The topological polar surface area (TPSA) is 87.3 Å². The quantitative estimate of drug-likeness (QED) is 0.496. The second-order valence-electron chi connectivity index (χ2n) is 7.34. The van der Waals surface area contributed by atoms with Crippen molar-refractivity contribution in [2.24, 2.45) is 0 Å². The van der Waals surface area contributed by atoms with E-state index in [2.05, 4.69) is 29.8 Å². The summed E-state index contributed by atoms with van der Waals surface area (Å²) >= 11 is 1.26. The summed E-state index contributed by atoms with van der Waals surface area (Å²) in [6.07, 6.45) is 0. The largest absolute Gasteiger partial charge is 0.350 e. The number of carbonyl (C=O) groups is 3. The predicted molar refractivity (Wildman–Crippen MR) is 123 cm³/mol. The van der Waals surface area contributed by atoms with Crippen molar-refractivity contribution in [3.05, 3.63) is 88.3 Å². The number of thiophene rings is 1. The molecule has 2 aromatic carbocycles. The molecule has 160 valence electrons. The van der Waals surface area contributed by atoms with Crippen LogP contribution in [0.3, 0.4) is 0 Å². The summed E-state index contributed by atoms with van der Waals surface area (Å²) in [6, 6.07) is 18.5. The number of anilines is 1. The zero-order valence-electron chi connectivity index (χ0n) is 17.5. The van der Waals surface area contributed by atoms with E-state index in [0.717, 1.165) is 11.1 Å². The number of hydrogen-bond acceptors (Lipinski definition) is 4. The highest BCUT2D eigenvalue weighted by atomic mass is 32.1. The third-order valence-electron chi connectivity index (χ3n) is 4.72. The van der Waals surface area contributed by atoms with Crippen LogP contribution in [0.1, 0.15) is 51.6 Å². The first kappa shape index (κ1) is 22.2. The highest BCUT2D eigenvalue weighted by Gasteiger charge is 2.17.